The molecule has 1 aliphatic carbocycles. The molecule has 2 aliphatic heterocycles. The minimum absolute atomic E-state index is 0.238. The number of benzene rings is 7. The molecule has 7 aromatic carbocycles. The van der Waals surface area contributed by atoms with Gasteiger partial charge in [-0.25, -0.2) is 9.98 Å². The van der Waals surface area contributed by atoms with Crippen LogP contribution < -0.4 is 10.2 Å². The van der Waals surface area contributed by atoms with Gasteiger partial charge in [-0.05, 0) is 77.6 Å². The number of nitrogens with one attached hydrogen (secondary N) is 1. The van der Waals surface area contributed by atoms with E-state index in [0.29, 0.717) is 12.0 Å². The predicted octanol–water partition coefficient (Wildman–Crippen LogP) is 13.1. The van der Waals surface area contributed by atoms with Crippen molar-refractivity contribution < 1.29 is 4.42 Å². The molecule has 3 unspecified atom stereocenters. The van der Waals surface area contributed by atoms with E-state index in [1.165, 1.54) is 54.7 Å². The fraction of sp³-hybridized carbons (Fsp3) is 0.0980. The quantitative estimate of drug-likeness (QED) is 0.178. The Morgan fingerprint density at radius 3 is 2.39 bits per heavy atom. The second-order valence-electron chi connectivity index (χ2n) is 15.3. The molecule has 0 amide bonds. The van der Waals surface area contributed by atoms with Gasteiger partial charge in [-0.2, -0.15) is 0 Å². The Bertz CT molecular complexity index is 3140. The summed E-state index contributed by atoms with van der Waals surface area (Å²) in [7, 11) is 0. The van der Waals surface area contributed by atoms with Crippen molar-refractivity contribution in [1.82, 2.24) is 5.32 Å². The lowest BCUT2D eigenvalue weighted by Gasteiger charge is -2.30. The highest BCUT2D eigenvalue weighted by Crippen LogP contribution is 2.50. The van der Waals surface area contributed by atoms with E-state index in [-0.39, 0.29) is 6.17 Å². The first-order valence-corrected chi connectivity index (χ1v) is 20.6. The molecule has 5 nitrogen and oxygen atoms in total. The summed E-state index contributed by atoms with van der Waals surface area (Å²) < 4.78 is 9.05. The third kappa shape index (κ3) is 5.28. The number of nitrogens with zero attached hydrogens (tertiary/aromatic N) is 3. The van der Waals surface area contributed by atoms with Crippen LogP contribution in [-0.4, -0.2) is 17.7 Å². The fourth-order valence-corrected chi connectivity index (χ4v) is 10.5. The van der Waals surface area contributed by atoms with E-state index in [0.717, 1.165) is 56.7 Å². The van der Waals surface area contributed by atoms with Crippen LogP contribution >= 0.6 is 11.3 Å². The zero-order valence-corrected chi connectivity index (χ0v) is 31.8. The van der Waals surface area contributed by atoms with E-state index in [2.05, 4.69) is 156 Å². The molecular formula is C51H36N4OS. The first-order chi connectivity index (χ1) is 28.2. The van der Waals surface area contributed by atoms with Crippen LogP contribution in [0.4, 0.5) is 11.4 Å². The molecule has 9 aromatic rings. The highest BCUT2D eigenvalue weighted by Gasteiger charge is 2.38. The van der Waals surface area contributed by atoms with Crippen LogP contribution in [0, 0.1) is 0 Å². The monoisotopic (exact) mass is 752 g/mol. The van der Waals surface area contributed by atoms with Crippen molar-refractivity contribution in [3.8, 4) is 11.1 Å². The molecule has 3 aliphatic rings. The topological polar surface area (TPSA) is 53.1 Å². The molecule has 0 saturated heterocycles. The van der Waals surface area contributed by atoms with Crippen LogP contribution in [-0.2, 0) is 0 Å². The molecule has 0 bridgehead atoms. The van der Waals surface area contributed by atoms with Gasteiger partial charge in [0.1, 0.15) is 23.2 Å². The number of para-hydroxylation sites is 1. The van der Waals surface area contributed by atoms with Gasteiger partial charge in [-0.15, -0.1) is 11.3 Å². The molecule has 3 atom stereocenters. The average Bonchev–Trinajstić information content (AvgIpc) is 3.95. The third-order valence-electron chi connectivity index (χ3n) is 12.0. The molecule has 2 aromatic heterocycles. The van der Waals surface area contributed by atoms with Gasteiger partial charge < -0.3 is 14.6 Å². The summed E-state index contributed by atoms with van der Waals surface area (Å²) in [5.41, 5.74) is 11.3. The molecule has 0 radical (unpaired) electrons. The Balaban J connectivity index is 0.929. The molecule has 0 saturated carbocycles. The van der Waals surface area contributed by atoms with Gasteiger partial charge in [0.25, 0.3) is 0 Å². The molecule has 57 heavy (non-hydrogen) atoms. The molecule has 12 rings (SSSR count). The Morgan fingerprint density at radius 1 is 0.649 bits per heavy atom. The maximum absolute atomic E-state index is 6.58. The summed E-state index contributed by atoms with van der Waals surface area (Å²) in [5, 5.41) is 8.35. The van der Waals surface area contributed by atoms with Gasteiger partial charge in [0.2, 0.25) is 0 Å². The number of hydrogen-bond acceptors (Lipinski definition) is 6. The second-order valence-corrected chi connectivity index (χ2v) is 16.3. The smallest absolute Gasteiger partial charge is 0.159 e. The van der Waals surface area contributed by atoms with Crippen molar-refractivity contribution in [2.45, 2.75) is 31.0 Å². The zero-order valence-electron chi connectivity index (χ0n) is 31.0. The van der Waals surface area contributed by atoms with Crippen LogP contribution in [0.1, 0.15) is 47.2 Å². The molecule has 6 heteroatoms. The average molecular weight is 753 g/mol. The van der Waals surface area contributed by atoms with Crippen LogP contribution in [0.25, 0.3) is 53.2 Å². The van der Waals surface area contributed by atoms with E-state index < -0.39 is 0 Å². The van der Waals surface area contributed by atoms with Gasteiger partial charge in [0, 0.05) is 65.4 Å². The Labute approximate surface area is 333 Å². The lowest BCUT2D eigenvalue weighted by atomic mass is 9.86. The molecular weight excluding hydrogens is 717 g/mol. The number of rotatable bonds is 5. The summed E-state index contributed by atoms with van der Waals surface area (Å²) in [6, 6.07) is 56.7. The summed E-state index contributed by atoms with van der Waals surface area (Å²) in [6.07, 6.45) is 6.83. The molecule has 272 valence electrons. The van der Waals surface area contributed by atoms with Crippen molar-refractivity contribution in [1.29, 1.82) is 0 Å². The molecule has 1 N–H and O–H groups in total. The summed E-state index contributed by atoms with van der Waals surface area (Å²) in [4.78, 5) is 12.7. The van der Waals surface area contributed by atoms with E-state index in [4.69, 9.17) is 14.4 Å². The van der Waals surface area contributed by atoms with Crippen LogP contribution in [0.2, 0.25) is 0 Å². The number of allylic oxidation sites excluding steroid dienone is 1. The fourth-order valence-electron chi connectivity index (χ4n) is 9.33. The third-order valence-corrected chi connectivity index (χ3v) is 13.1. The van der Waals surface area contributed by atoms with Gasteiger partial charge in [-0.3, -0.25) is 0 Å². The number of furan rings is 1. The Hall–Kier alpha value is -6.76. The van der Waals surface area contributed by atoms with Crippen molar-refractivity contribution in [2.24, 2.45) is 9.98 Å². The second kappa shape index (κ2) is 12.9. The van der Waals surface area contributed by atoms with E-state index in [1.54, 1.807) is 0 Å². The van der Waals surface area contributed by atoms with Crippen LogP contribution in [0.15, 0.2) is 184 Å². The van der Waals surface area contributed by atoms with Gasteiger partial charge in [-0.1, -0.05) is 121 Å². The summed E-state index contributed by atoms with van der Waals surface area (Å²) in [6.45, 7) is 0. The maximum atomic E-state index is 6.58. The lowest BCUT2D eigenvalue weighted by Crippen LogP contribution is -2.33. The SMILES string of the molecule is C1=CC2C(CC1)c1ccccc1N2c1ccc2c(c1)oc1ccc(-c3cccc4sc5cc(C6=NC(c7ccccc7)NC(c7ccccc7)=N6)ccc5c34)cc12. The van der Waals surface area contributed by atoms with E-state index >= 15 is 0 Å². The standard InChI is InChI=1S/C51H36N4OS/c1-3-12-31(13-4-1)49-52-50(32-14-5-2-6-15-32)54-51(53-49)34-22-25-40-47(29-34)57-46-21-11-18-36(48(40)46)33-23-27-44-41(28-33)39-26-24-35(30-45(39)56-44)55-42-19-9-7-16-37(42)38-17-8-10-20-43(38)55/h1-7,9-16,18-30,38,43,49H,8,17H2,(H,52,53,54). The van der Waals surface area contributed by atoms with Gasteiger partial charge in [0.15, 0.2) is 5.84 Å². The number of thiophene rings is 1. The van der Waals surface area contributed by atoms with Crippen molar-refractivity contribution in [3.63, 3.8) is 0 Å². The van der Waals surface area contributed by atoms with Gasteiger partial charge >= 0.3 is 0 Å². The maximum Gasteiger partial charge on any atom is 0.159 e. The number of amidine groups is 2. The summed E-state index contributed by atoms with van der Waals surface area (Å²) in [5.74, 6) is 2.07. The van der Waals surface area contributed by atoms with Crippen molar-refractivity contribution in [3.05, 3.63) is 192 Å². The van der Waals surface area contributed by atoms with Crippen molar-refractivity contribution in [2.75, 3.05) is 4.90 Å². The van der Waals surface area contributed by atoms with E-state index in [1.807, 2.05) is 35.6 Å². The first kappa shape index (κ1) is 32.5. The highest BCUT2D eigenvalue weighted by atomic mass is 32.1. The number of fused-ring (bicyclic) bond motifs is 9. The Morgan fingerprint density at radius 2 is 1.47 bits per heavy atom. The number of hydrogen-bond donors (Lipinski definition) is 1. The largest absolute Gasteiger partial charge is 0.456 e. The summed E-state index contributed by atoms with van der Waals surface area (Å²) >= 11 is 1.82. The molecule has 4 heterocycles. The van der Waals surface area contributed by atoms with Crippen LogP contribution in [0.5, 0.6) is 0 Å². The molecule has 0 spiro atoms. The van der Waals surface area contributed by atoms with Crippen LogP contribution in [0.3, 0.4) is 0 Å². The van der Waals surface area contributed by atoms with Crippen molar-refractivity contribution >= 4 is 76.5 Å². The highest BCUT2D eigenvalue weighted by molar-refractivity contribution is 7.26. The minimum atomic E-state index is -0.238. The zero-order chi connectivity index (χ0) is 37.5. The molecule has 0 fully saturated rings. The van der Waals surface area contributed by atoms with E-state index in [9.17, 15) is 0 Å². The normalized spacial score (nSPS) is 18.8. The predicted molar refractivity (Wildman–Crippen MR) is 237 cm³/mol. The number of aliphatic imine (C=N–C) groups is 2. The first-order valence-electron chi connectivity index (χ1n) is 19.7. The van der Waals surface area contributed by atoms with Gasteiger partial charge in [0.05, 0.1) is 6.04 Å². The minimum Gasteiger partial charge on any atom is -0.456 e. The Kier molecular flexibility index (Phi) is 7.35. The lowest BCUT2D eigenvalue weighted by molar-refractivity contribution is 0.572. The number of anilines is 2.